The van der Waals surface area contributed by atoms with Gasteiger partial charge in [-0.25, -0.2) is 4.98 Å². The molecule has 4 heterocycles. The van der Waals surface area contributed by atoms with Crippen molar-refractivity contribution in [2.45, 2.75) is 77.5 Å². The minimum Gasteiger partial charge on any atom is -0.480 e. The quantitative estimate of drug-likeness (QED) is 0.425. The fourth-order valence-electron chi connectivity index (χ4n) is 6.14. The van der Waals surface area contributed by atoms with Crippen molar-refractivity contribution in [3.8, 4) is 0 Å². The second-order valence-electron chi connectivity index (χ2n) is 11.5. The van der Waals surface area contributed by atoms with Gasteiger partial charge in [-0.2, -0.15) is 0 Å². The Hall–Kier alpha value is -2.48. The maximum Gasteiger partial charge on any atom is 0.325 e. The van der Waals surface area contributed by atoms with Gasteiger partial charge in [-0.15, -0.1) is 0 Å². The van der Waals surface area contributed by atoms with E-state index in [0.717, 1.165) is 80.9 Å². The first-order valence-corrected chi connectivity index (χ1v) is 14.5. The van der Waals surface area contributed by atoms with Crippen LogP contribution in [0.1, 0.15) is 73.5 Å². The number of pyridine rings is 1. The van der Waals surface area contributed by atoms with Crippen LogP contribution in [0.15, 0.2) is 30.3 Å². The van der Waals surface area contributed by atoms with Crippen LogP contribution >= 0.6 is 0 Å². The van der Waals surface area contributed by atoms with Crippen molar-refractivity contribution >= 4 is 11.8 Å². The fourth-order valence-corrected chi connectivity index (χ4v) is 6.14. The molecule has 2 aromatic rings. The van der Waals surface area contributed by atoms with E-state index in [9.17, 15) is 9.90 Å². The summed E-state index contributed by atoms with van der Waals surface area (Å²) in [6.45, 7) is 8.83. The van der Waals surface area contributed by atoms with Crippen molar-refractivity contribution in [1.29, 1.82) is 0 Å². The number of likely N-dealkylation sites (tertiary alicyclic amines) is 1. The summed E-state index contributed by atoms with van der Waals surface area (Å²) in [5.74, 6) is 1.17. The molecule has 1 aromatic heterocycles. The molecule has 2 N–H and O–H groups in total. The number of fused-ring (bicyclic) bond motifs is 2. The van der Waals surface area contributed by atoms with Crippen molar-refractivity contribution in [1.82, 2.24) is 9.88 Å². The molecular formula is C31H43N3O4. The van der Waals surface area contributed by atoms with Crippen molar-refractivity contribution in [2.75, 3.05) is 38.2 Å². The summed E-state index contributed by atoms with van der Waals surface area (Å²) in [5.41, 5.74) is 5.70. The highest BCUT2D eigenvalue weighted by molar-refractivity contribution is 5.76. The standard InChI is InChI=1S/C31H43N3O4/c1-21(2)24-17-28-23(19-37-20-24)7-5-10-27(28)29(31(35)36)34-15-13-26(18-34)38-16-4-3-9-25-12-11-22-8-6-14-32-30(22)33-25/h5,7,10-12,21,24,26,29H,3-4,6,8-9,13-20H2,1-2H3,(H,32,33)(H,35,36)/t24?,26-,29+/m1/s1. The summed E-state index contributed by atoms with van der Waals surface area (Å²) in [7, 11) is 0. The van der Waals surface area contributed by atoms with Crippen LogP contribution in [0.5, 0.6) is 0 Å². The van der Waals surface area contributed by atoms with Crippen molar-refractivity contribution in [3.05, 3.63) is 58.3 Å². The summed E-state index contributed by atoms with van der Waals surface area (Å²) in [6.07, 6.45) is 7.09. The number of aromatic nitrogens is 1. The predicted molar refractivity (Wildman–Crippen MR) is 148 cm³/mol. The monoisotopic (exact) mass is 521 g/mol. The number of ether oxygens (including phenoxy) is 2. The number of hydrogen-bond donors (Lipinski definition) is 2. The molecule has 3 aliphatic heterocycles. The van der Waals surface area contributed by atoms with Crippen molar-refractivity contribution in [2.24, 2.45) is 11.8 Å². The molecule has 0 spiro atoms. The third-order valence-corrected chi connectivity index (χ3v) is 8.51. The highest BCUT2D eigenvalue weighted by Gasteiger charge is 2.36. The molecule has 1 aromatic carbocycles. The normalized spacial score (nSPS) is 22.4. The minimum absolute atomic E-state index is 0.0805. The molecule has 38 heavy (non-hydrogen) atoms. The van der Waals surface area contributed by atoms with Crippen molar-refractivity contribution < 1.29 is 19.4 Å². The number of anilines is 1. The number of nitrogens with zero attached hydrogens (tertiary/aromatic N) is 2. The topological polar surface area (TPSA) is 83.9 Å². The number of unbranched alkanes of at least 4 members (excludes halogenated alkanes) is 1. The largest absolute Gasteiger partial charge is 0.480 e. The van der Waals surface area contributed by atoms with Crippen LogP contribution < -0.4 is 5.32 Å². The summed E-state index contributed by atoms with van der Waals surface area (Å²) < 4.78 is 12.2. The van der Waals surface area contributed by atoms with Crippen LogP contribution in [-0.4, -0.2) is 59.9 Å². The number of aliphatic carboxylic acids is 1. The lowest BCUT2D eigenvalue weighted by molar-refractivity contribution is -0.143. The Morgan fingerprint density at radius 2 is 2.13 bits per heavy atom. The molecule has 3 aliphatic rings. The molecule has 3 atom stereocenters. The highest BCUT2D eigenvalue weighted by Crippen LogP contribution is 2.34. The first kappa shape index (κ1) is 27.1. The van der Waals surface area contributed by atoms with Crippen LogP contribution in [0.3, 0.4) is 0 Å². The third-order valence-electron chi connectivity index (χ3n) is 8.51. The number of hydrogen-bond acceptors (Lipinski definition) is 6. The third kappa shape index (κ3) is 6.38. The molecule has 0 bridgehead atoms. The van der Waals surface area contributed by atoms with E-state index in [2.05, 4.69) is 42.3 Å². The van der Waals surface area contributed by atoms with Crippen LogP contribution in [0.4, 0.5) is 5.82 Å². The van der Waals surface area contributed by atoms with E-state index >= 15 is 0 Å². The molecule has 1 saturated heterocycles. The lowest BCUT2D eigenvalue weighted by Gasteiger charge is -2.28. The molecule has 0 aliphatic carbocycles. The zero-order chi connectivity index (χ0) is 26.5. The predicted octanol–water partition coefficient (Wildman–Crippen LogP) is 5.02. The summed E-state index contributed by atoms with van der Waals surface area (Å²) in [5, 5.41) is 13.7. The van der Waals surface area contributed by atoms with E-state index in [0.29, 0.717) is 31.6 Å². The van der Waals surface area contributed by atoms with Crippen molar-refractivity contribution in [3.63, 3.8) is 0 Å². The number of rotatable bonds is 10. The molecule has 0 saturated carbocycles. The van der Waals surface area contributed by atoms with E-state index in [1.165, 1.54) is 17.5 Å². The SMILES string of the molecule is CC(C)C1COCc2cccc([C@@H](C(=O)O)N3CC[C@@H](OCCCCc4ccc5c(n4)NCCC5)C3)c2C1. The average Bonchev–Trinajstić information content (AvgIpc) is 3.24. The van der Waals surface area contributed by atoms with Crippen LogP contribution in [0.2, 0.25) is 0 Å². The maximum atomic E-state index is 12.6. The molecule has 206 valence electrons. The Morgan fingerprint density at radius 1 is 1.24 bits per heavy atom. The zero-order valence-electron chi connectivity index (χ0n) is 23.0. The molecular weight excluding hydrogens is 478 g/mol. The number of carboxylic acids is 1. The fraction of sp³-hybridized carbons (Fsp3) is 0.613. The smallest absolute Gasteiger partial charge is 0.325 e. The Balaban J connectivity index is 1.14. The van der Waals surface area contributed by atoms with E-state index in [-0.39, 0.29) is 6.10 Å². The molecule has 1 fully saturated rings. The average molecular weight is 522 g/mol. The van der Waals surface area contributed by atoms with E-state index < -0.39 is 12.0 Å². The van der Waals surface area contributed by atoms with Gasteiger partial charge in [-0.05, 0) is 85.1 Å². The number of nitrogens with one attached hydrogen (secondary N) is 1. The van der Waals surface area contributed by atoms with E-state index in [1.54, 1.807) is 0 Å². The Morgan fingerprint density at radius 3 is 2.97 bits per heavy atom. The summed E-state index contributed by atoms with van der Waals surface area (Å²) in [4.78, 5) is 19.5. The van der Waals surface area contributed by atoms with E-state index in [4.69, 9.17) is 14.5 Å². The minimum atomic E-state index is -0.780. The Kier molecular flexibility index (Phi) is 8.97. The maximum absolute atomic E-state index is 12.6. The van der Waals surface area contributed by atoms with Gasteiger partial charge in [0.25, 0.3) is 0 Å². The lowest BCUT2D eigenvalue weighted by atomic mass is 9.85. The molecule has 5 rings (SSSR count). The molecule has 1 unspecified atom stereocenters. The van der Waals surface area contributed by atoms with Gasteiger partial charge in [0, 0.05) is 31.9 Å². The molecule has 7 nitrogen and oxygen atoms in total. The van der Waals surface area contributed by atoms with Gasteiger partial charge < -0.3 is 19.9 Å². The number of carboxylic acid groups (broad SMARTS) is 1. The summed E-state index contributed by atoms with van der Waals surface area (Å²) in [6, 6.07) is 9.82. The molecule has 7 heteroatoms. The van der Waals surface area contributed by atoms with Gasteiger partial charge in [-0.1, -0.05) is 38.1 Å². The number of aryl methyl sites for hydroxylation is 2. The molecule has 0 radical (unpaired) electrons. The van der Waals surface area contributed by atoms with Gasteiger partial charge in [-0.3, -0.25) is 9.69 Å². The van der Waals surface area contributed by atoms with Gasteiger partial charge >= 0.3 is 5.97 Å². The van der Waals surface area contributed by atoms with Crippen LogP contribution in [0.25, 0.3) is 0 Å². The number of carbonyl (C=O) groups is 1. The first-order chi connectivity index (χ1) is 18.5. The van der Waals surface area contributed by atoms with E-state index in [1.807, 2.05) is 12.1 Å². The molecule has 0 amide bonds. The highest BCUT2D eigenvalue weighted by atomic mass is 16.5. The van der Waals surface area contributed by atoms with Gasteiger partial charge in [0.2, 0.25) is 0 Å². The van der Waals surface area contributed by atoms with Crippen LogP contribution in [-0.2, 0) is 40.1 Å². The Labute approximate surface area is 226 Å². The van der Waals surface area contributed by atoms with Gasteiger partial charge in [0.15, 0.2) is 0 Å². The summed E-state index contributed by atoms with van der Waals surface area (Å²) >= 11 is 0. The zero-order valence-corrected chi connectivity index (χ0v) is 23.0. The lowest BCUT2D eigenvalue weighted by Crippen LogP contribution is -2.34. The number of benzene rings is 1. The first-order valence-electron chi connectivity index (χ1n) is 14.5. The second kappa shape index (κ2) is 12.6. The van der Waals surface area contributed by atoms with Gasteiger partial charge in [0.1, 0.15) is 11.9 Å². The van der Waals surface area contributed by atoms with Crippen LogP contribution in [0, 0.1) is 11.8 Å². The second-order valence-corrected chi connectivity index (χ2v) is 11.5. The van der Waals surface area contributed by atoms with Gasteiger partial charge in [0.05, 0.1) is 19.3 Å². The Bertz CT molecular complexity index is 1100.